The third-order valence-corrected chi connectivity index (χ3v) is 2.92. The summed E-state index contributed by atoms with van der Waals surface area (Å²) in [5.74, 6) is 0. The molecule has 0 aliphatic carbocycles. The fourth-order valence-electron chi connectivity index (χ4n) is 0.269. The van der Waals surface area contributed by atoms with Crippen LogP contribution < -0.4 is 0 Å². The Labute approximate surface area is 59.6 Å². The van der Waals surface area contributed by atoms with Gasteiger partial charge in [-0.25, -0.2) is 0 Å². The van der Waals surface area contributed by atoms with Crippen LogP contribution in [-0.2, 0) is 8.85 Å². The van der Waals surface area contributed by atoms with Crippen molar-refractivity contribution in [1.82, 2.24) is 0 Å². The topological polar surface area (TPSA) is 18.5 Å². The Kier molecular flexibility index (Phi) is 6.19. The van der Waals surface area contributed by atoms with Gasteiger partial charge in [0.2, 0.25) is 0 Å². The van der Waals surface area contributed by atoms with Crippen LogP contribution in [0.2, 0.25) is 0 Å². The van der Waals surface area contributed by atoms with Gasteiger partial charge in [-0.3, -0.25) is 0 Å². The first-order chi connectivity index (χ1) is 3.81. The van der Waals surface area contributed by atoms with Crippen LogP contribution in [0.5, 0.6) is 0 Å². The van der Waals surface area contributed by atoms with Crippen molar-refractivity contribution in [1.29, 1.82) is 0 Å². The van der Waals surface area contributed by atoms with Crippen molar-refractivity contribution in [3.63, 3.8) is 0 Å². The van der Waals surface area contributed by atoms with Crippen molar-refractivity contribution in [2.24, 2.45) is 0 Å². The molecule has 8 heavy (non-hydrogen) atoms. The highest BCUT2D eigenvalue weighted by molar-refractivity contribution is 9.24. The molecule has 0 fully saturated rings. The number of hydrogen-bond acceptors (Lipinski definition) is 2. The fourth-order valence-corrected chi connectivity index (χ4v) is 2.18. The summed E-state index contributed by atoms with van der Waals surface area (Å²) in [5, 5.41) is 0. The van der Waals surface area contributed by atoms with E-state index in [-0.39, 0.29) is 0 Å². The van der Waals surface area contributed by atoms with E-state index in [9.17, 15) is 0 Å². The van der Waals surface area contributed by atoms with Gasteiger partial charge in [-0.15, -0.1) is 0 Å². The summed E-state index contributed by atoms with van der Waals surface area (Å²) in [7, 11) is -1.08. The molecule has 0 aromatic rings. The monoisotopic (exact) mass is 197 g/mol. The van der Waals surface area contributed by atoms with E-state index in [0.717, 1.165) is 13.2 Å². The first-order valence-electron chi connectivity index (χ1n) is 2.59. The standard InChI is InChI=1S/C4H10BrO2Si/c1-3-6-8(5)7-4-2/h3-4H2,1-2H3. The summed E-state index contributed by atoms with van der Waals surface area (Å²) in [6.07, 6.45) is 0. The lowest BCUT2D eigenvalue weighted by molar-refractivity contribution is 0.235. The van der Waals surface area contributed by atoms with Crippen LogP contribution in [0.15, 0.2) is 0 Å². The second kappa shape index (κ2) is 5.75. The minimum absolute atomic E-state index is 0.722. The third kappa shape index (κ3) is 4.77. The molecule has 0 bridgehead atoms. The van der Waals surface area contributed by atoms with Crippen LogP contribution in [0.1, 0.15) is 13.8 Å². The van der Waals surface area contributed by atoms with Crippen molar-refractivity contribution >= 4 is 23.2 Å². The van der Waals surface area contributed by atoms with Crippen molar-refractivity contribution in [3.05, 3.63) is 0 Å². The molecule has 0 amide bonds. The quantitative estimate of drug-likeness (QED) is 0.502. The second-order valence-electron chi connectivity index (χ2n) is 1.10. The van der Waals surface area contributed by atoms with Crippen molar-refractivity contribution < 1.29 is 8.85 Å². The zero-order valence-electron chi connectivity index (χ0n) is 5.11. The van der Waals surface area contributed by atoms with Gasteiger partial charge < -0.3 is 8.85 Å². The van der Waals surface area contributed by atoms with Crippen LogP contribution in [0, 0.1) is 0 Å². The van der Waals surface area contributed by atoms with Crippen LogP contribution in [0.3, 0.4) is 0 Å². The van der Waals surface area contributed by atoms with Crippen LogP contribution >= 0.6 is 15.3 Å². The number of rotatable bonds is 4. The molecule has 0 N–H and O–H groups in total. The van der Waals surface area contributed by atoms with E-state index < -0.39 is 7.90 Å². The zero-order valence-corrected chi connectivity index (χ0v) is 7.69. The Morgan fingerprint density at radius 2 is 1.62 bits per heavy atom. The summed E-state index contributed by atoms with van der Waals surface area (Å²) < 4.78 is 10.2. The smallest absolute Gasteiger partial charge is 0.385 e. The van der Waals surface area contributed by atoms with Crippen LogP contribution in [0.25, 0.3) is 0 Å². The van der Waals surface area contributed by atoms with Crippen LogP contribution in [0.4, 0.5) is 0 Å². The van der Waals surface area contributed by atoms with Gasteiger partial charge in [0.15, 0.2) is 0 Å². The van der Waals surface area contributed by atoms with E-state index in [1.807, 2.05) is 13.8 Å². The molecule has 49 valence electrons. The number of hydrogen-bond donors (Lipinski definition) is 0. The third-order valence-electron chi connectivity index (χ3n) is 0.516. The summed E-state index contributed by atoms with van der Waals surface area (Å²) in [6, 6.07) is 0. The summed E-state index contributed by atoms with van der Waals surface area (Å²) in [5.41, 5.74) is 0. The molecule has 0 aliphatic rings. The SMILES string of the molecule is CCO[Si](Br)OCC. The summed E-state index contributed by atoms with van der Waals surface area (Å²) in [4.78, 5) is 0. The molecule has 0 aromatic heterocycles. The molecule has 2 nitrogen and oxygen atoms in total. The van der Waals surface area contributed by atoms with Crippen molar-refractivity contribution in [3.8, 4) is 0 Å². The Bertz CT molecular complexity index is 47.3. The molecule has 0 atom stereocenters. The molecule has 1 radical (unpaired) electrons. The first kappa shape index (κ1) is 8.62. The van der Waals surface area contributed by atoms with Crippen molar-refractivity contribution in [2.75, 3.05) is 13.2 Å². The molecule has 0 saturated heterocycles. The van der Waals surface area contributed by atoms with Crippen molar-refractivity contribution in [2.45, 2.75) is 13.8 Å². The average molecular weight is 198 g/mol. The molecule has 0 rings (SSSR count). The van der Waals surface area contributed by atoms with E-state index in [4.69, 9.17) is 8.85 Å². The maximum Gasteiger partial charge on any atom is 0.471 e. The van der Waals surface area contributed by atoms with Gasteiger partial charge in [-0.2, -0.15) is 0 Å². The summed E-state index contributed by atoms with van der Waals surface area (Å²) >= 11 is 3.26. The second-order valence-corrected chi connectivity index (χ2v) is 4.10. The number of halogens is 1. The molecule has 0 unspecified atom stereocenters. The summed E-state index contributed by atoms with van der Waals surface area (Å²) in [6.45, 7) is 5.34. The Morgan fingerprint density at radius 1 is 1.25 bits per heavy atom. The molecular weight excluding hydrogens is 188 g/mol. The lowest BCUT2D eigenvalue weighted by Gasteiger charge is -2.03. The highest BCUT2D eigenvalue weighted by Gasteiger charge is 2.06. The van der Waals surface area contributed by atoms with Gasteiger partial charge in [0.25, 0.3) is 0 Å². The zero-order chi connectivity index (χ0) is 6.41. The first-order valence-corrected chi connectivity index (χ1v) is 6.16. The molecule has 0 aromatic carbocycles. The van der Waals surface area contributed by atoms with Gasteiger partial charge in [0.1, 0.15) is 0 Å². The molecular formula is C4H10BrO2Si. The van der Waals surface area contributed by atoms with Gasteiger partial charge in [0, 0.05) is 13.2 Å². The lowest BCUT2D eigenvalue weighted by Crippen LogP contribution is -2.14. The molecule has 0 spiro atoms. The fraction of sp³-hybridized carbons (Fsp3) is 1.00. The molecule has 0 heterocycles. The molecule has 0 aliphatic heterocycles. The van der Waals surface area contributed by atoms with Gasteiger partial charge in [0.05, 0.1) is 0 Å². The van der Waals surface area contributed by atoms with Gasteiger partial charge in [-0.1, -0.05) is 15.3 Å². The Hall–Kier alpha value is 0.617. The maximum atomic E-state index is 5.08. The Balaban J connectivity index is 2.92. The van der Waals surface area contributed by atoms with E-state index in [0.29, 0.717) is 0 Å². The van der Waals surface area contributed by atoms with E-state index in [2.05, 4.69) is 15.3 Å². The normalized spacial score (nSPS) is 10.5. The molecule has 4 heteroatoms. The lowest BCUT2D eigenvalue weighted by atomic mass is 10.9. The predicted molar refractivity (Wildman–Crippen MR) is 37.9 cm³/mol. The highest BCUT2D eigenvalue weighted by atomic mass is 79.9. The Morgan fingerprint density at radius 3 is 1.88 bits per heavy atom. The average Bonchev–Trinajstić information content (AvgIpc) is 1.68. The molecule has 0 saturated carbocycles. The van der Waals surface area contributed by atoms with Gasteiger partial charge in [-0.05, 0) is 13.8 Å². The van der Waals surface area contributed by atoms with E-state index >= 15 is 0 Å². The minimum atomic E-state index is -1.08. The maximum absolute atomic E-state index is 5.08. The minimum Gasteiger partial charge on any atom is -0.385 e. The predicted octanol–water partition coefficient (Wildman–Crippen LogP) is 1.44. The van der Waals surface area contributed by atoms with Crippen LogP contribution in [-0.4, -0.2) is 21.1 Å². The van der Waals surface area contributed by atoms with E-state index in [1.165, 1.54) is 0 Å². The van der Waals surface area contributed by atoms with Gasteiger partial charge >= 0.3 is 7.90 Å². The highest BCUT2D eigenvalue weighted by Crippen LogP contribution is 1.96. The van der Waals surface area contributed by atoms with E-state index in [1.54, 1.807) is 0 Å². The largest absolute Gasteiger partial charge is 0.471 e.